The number of nitrogens with zero attached hydrogens (tertiary/aromatic N) is 7. The molecule has 1 unspecified atom stereocenters. The van der Waals surface area contributed by atoms with Gasteiger partial charge in [-0.1, -0.05) is 6.92 Å². The lowest BCUT2D eigenvalue weighted by molar-refractivity contribution is -0.120. The molecule has 0 radical (unpaired) electrons. The average Bonchev–Trinajstić information content (AvgIpc) is 3.34. The van der Waals surface area contributed by atoms with Crippen molar-refractivity contribution in [3.63, 3.8) is 0 Å². The standard InChI is InChI=1S/C18H21N7OS/c1-5-12-17(26)23(4)13-10-21-18(22-14(13)25(12)11(2)3)24-8-6-19-15(24)16-20-7-9-27-16/h6-12H,5H2,1-4H3. The van der Waals surface area contributed by atoms with Crippen LogP contribution >= 0.6 is 11.3 Å². The molecule has 0 saturated carbocycles. The van der Waals surface area contributed by atoms with Crippen molar-refractivity contribution in [2.45, 2.75) is 39.3 Å². The van der Waals surface area contributed by atoms with Crippen LogP contribution in [0.5, 0.6) is 0 Å². The van der Waals surface area contributed by atoms with Gasteiger partial charge in [-0.05, 0) is 20.3 Å². The van der Waals surface area contributed by atoms with Crippen molar-refractivity contribution in [3.8, 4) is 16.8 Å². The van der Waals surface area contributed by atoms with Gasteiger partial charge in [-0.3, -0.25) is 9.36 Å². The van der Waals surface area contributed by atoms with Crippen LogP contribution in [0, 0.1) is 0 Å². The second kappa shape index (κ2) is 6.73. The largest absolute Gasteiger partial charge is 0.340 e. The minimum Gasteiger partial charge on any atom is -0.340 e. The smallest absolute Gasteiger partial charge is 0.249 e. The lowest BCUT2D eigenvalue weighted by Crippen LogP contribution is -2.55. The molecular weight excluding hydrogens is 362 g/mol. The van der Waals surface area contributed by atoms with Gasteiger partial charge >= 0.3 is 0 Å². The van der Waals surface area contributed by atoms with Crippen LogP contribution in [0.4, 0.5) is 11.5 Å². The lowest BCUT2D eigenvalue weighted by atomic mass is 10.1. The van der Waals surface area contributed by atoms with Crippen LogP contribution in [0.1, 0.15) is 27.2 Å². The molecule has 8 nitrogen and oxygen atoms in total. The summed E-state index contributed by atoms with van der Waals surface area (Å²) in [6, 6.07) is -0.0956. The van der Waals surface area contributed by atoms with Crippen molar-refractivity contribution in [1.29, 1.82) is 0 Å². The van der Waals surface area contributed by atoms with Crippen LogP contribution in [0.3, 0.4) is 0 Å². The summed E-state index contributed by atoms with van der Waals surface area (Å²) in [6.45, 7) is 6.17. The van der Waals surface area contributed by atoms with E-state index in [9.17, 15) is 4.79 Å². The number of likely N-dealkylation sites (N-methyl/N-ethyl adjacent to an activating group) is 1. The SMILES string of the molecule is CCC1C(=O)N(C)c2cnc(-n3ccnc3-c3nccs3)nc2N1C(C)C. The number of amides is 1. The first kappa shape index (κ1) is 17.6. The molecule has 0 aliphatic carbocycles. The Hall–Kier alpha value is -2.81. The summed E-state index contributed by atoms with van der Waals surface area (Å²) in [7, 11) is 1.78. The summed E-state index contributed by atoms with van der Waals surface area (Å²) in [6.07, 6.45) is 7.72. The van der Waals surface area contributed by atoms with E-state index in [0.717, 1.165) is 22.9 Å². The Bertz CT molecular complexity index is 966. The minimum absolute atomic E-state index is 0.0705. The molecule has 0 N–H and O–H groups in total. The molecule has 0 aromatic carbocycles. The third-order valence-corrected chi connectivity index (χ3v) is 5.49. The quantitative estimate of drug-likeness (QED) is 0.689. The molecule has 1 aliphatic rings. The summed E-state index contributed by atoms with van der Waals surface area (Å²) in [4.78, 5) is 34.6. The van der Waals surface area contributed by atoms with Crippen LogP contribution in [0.25, 0.3) is 16.8 Å². The Morgan fingerprint density at radius 2 is 2.04 bits per heavy atom. The molecule has 1 amide bonds. The molecule has 0 fully saturated rings. The number of hydrogen-bond acceptors (Lipinski definition) is 7. The Morgan fingerprint density at radius 3 is 2.70 bits per heavy atom. The van der Waals surface area contributed by atoms with E-state index in [1.165, 1.54) is 11.3 Å². The van der Waals surface area contributed by atoms with Gasteiger partial charge in [-0.15, -0.1) is 11.3 Å². The molecule has 0 bridgehead atoms. The maximum atomic E-state index is 12.8. The zero-order valence-electron chi connectivity index (χ0n) is 15.7. The van der Waals surface area contributed by atoms with Crippen molar-refractivity contribution in [2.24, 2.45) is 0 Å². The molecule has 3 aromatic rings. The van der Waals surface area contributed by atoms with Crippen molar-refractivity contribution < 1.29 is 4.79 Å². The molecule has 0 saturated heterocycles. The molecular formula is C18H21N7OS. The zero-order valence-corrected chi connectivity index (χ0v) is 16.5. The normalized spacial score (nSPS) is 16.9. The van der Waals surface area contributed by atoms with E-state index in [0.29, 0.717) is 11.8 Å². The number of imidazole rings is 1. The monoisotopic (exact) mass is 383 g/mol. The Labute approximate surface area is 161 Å². The maximum Gasteiger partial charge on any atom is 0.249 e. The van der Waals surface area contributed by atoms with E-state index in [1.54, 1.807) is 30.5 Å². The molecule has 3 aromatic heterocycles. The Morgan fingerprint density at radius 1 is 1.22 bits per heavy atom. The van der Waals surface area contributed by atoms with Crippen LogP contribution < -0.4 is 9.80 Å². The van der Waals surface area contributed by atoms with Gasteiger partial charge in [0.15, 0.2) is 16.6 Å². The van der Waals surface area contributed by atoms with Gasteiger partial charge in [0.1, 0.15) is 11.7 Å². The Balaban J connectivity index is 1.86. The van der Waals surface area contributed by atoms with Crippen molar-refractivity contribution in [2.75, 3.05) is 16.8 Å². The first-order chi connectivity index (χ1) is 13.0. The molecule has 27 heavy (non-hydrogen) atoms. The van der Waals surface area contributed by atoms with E-state index in [2.05, 4.69) is 33.7 Å². The molecule has 1 aliphatic heterocycles. The molecule has 0 spiro atoms. The summed E-state index contributed by atoms with van der Waals surface area (Å²) < 4.78 is 1.83. The fourth-order valence-corrected chi connectivity index (χ4v) is 4.07. The van der Waals surface area contributed by atoms with Crippen LogP contribution in [0.2, 0.25) is 0 Å². The molecule has 140 valence electrons. The van der Waals surface area contributed by atoms with Gasteiger partial charge in [0.05, 0.1) is 6.20 Å². The van der Waals surface area contributed by atoms with Gasteiger partial charge in [0.2, 0.25) is 11.9 Å². The Kier molecular flexibility index (Phi) is 4.39. The predicted molar refractivity (Wildman–Crippen MR) is 105 cm³/mol. The van der Waals surface area contributed by atoms with E-state index in [1.807, 2.05) is 23.1 Å². The summed E-state index contributed by atoms with van der Waals surface area (Å²) in [5, 5.41) is 2.72. The number of fused-ring (bicyclic) bond motifs is 1. The molecule has 4 heterocycles. The third-order valence-electron chi connectivity index (χ3n) is 4.72. The molecule has 1 atom stereocenters. The van der Waals surface area contributed by atoms with E-state index in [-0.39, 0.29) is 18.0 Å². The topological polar surface area (TPSA) is 80.0 Å². The number of aromatic nitrogens is 5. The zero-order chi connectivity index (χ0) is 19.1. The first-order valence-corrected chi connectivity index (χ1v) is 9.77. The first-order valence-electron chi connectivity index (χ1n) is 8.89. The van der Waals surface area contributed by atoms with Crippen LogP contribution in [-0.2, 0) is 4.79 Å². The van der Waals surface area contributed by atoms with Crippen LogP contribution in [-0.4, -0.2) is 49.5 Å². The highest BCUT2D eigenvalue weighted by molar-refractivity contribution is 7.13. The third kappa shape index (κ3) is 2.78. The average molecular weight is 383 g/mol. The van der Waals surface area contributed by atoms with E-state index in [4.69, 9.17) is 4.98 Å². The fourth-order valence-electron chi connectivity index (χ4n) is 3.44. The number of carbonyl (C=O) groups is 1. The predicted octanol–water partition coefficient (Wildman–Crippen LogP) is 2.76. The number of anilines is 2. The minimum atomic E-state index is -0.230. The fraction of sp³-hybridized carbons (Fsp3) is 0.389. The van der Waals surface area contributed by atoms with Crippen molar-refractivity contribution in [3.05, 3.63) is 30.2 Å². The van der Waals surface area contributed by atoms with E-state index >= 15 is 0 Å². The van der Waals surface area contributed by atoms with Gasteiger partial charge in [-0.2, -0.15) is 4.98 Å². The van der Waals surface area contributed by atoms with Gasteiger partial charge in [0, 0.05) is 37.1 Å². The molecule has 4 rings (SSSR count). The lowest BCUT2D eigenvalue weighted by Gasteiger charge is -2.42. The molecule has 9 heteroatoms. The number of thiazole rings is 1. The second-order valence-corrected chi connectivity index (χ2v) is 7.55. The van der Waals surface area contributed by atoms with Gasteiger partial charge in [0.25, 0.3) is 0 Å². The highest BCUT2D eigenvalue weighted by Crippen LogP contribution is 2.36. The van der Waals surface area contributed by atoms with Crippen molar-refractivity contribution >= 4 is 28.7 Å². The summed E-state index contributed by atoms with van der Waals surface area (Å²) in [5.41, 5.74) is 0.720. The summed E-state index contributed by atoms with van der Waals surface area (Å²) >= 11 is 1.52. The number of hydrogen-bond donors (Lipinski definition) is 0. The highest BCUT2D eigenvalue weighted by atomic mass is 32.1. The summed E-state index contributed by atoms with van der Waals surface area (Å²) in [5.74, 6) is 2.05. The maximum absolute atomic E-state index is 12.8. The van der Waals surface area contributed by atoms with Crippen LogP contribution in [0.15, 0.2) is 30.2 Å². The van der Waals surface area contributed by atoms with E-state index < -0.39 is 0 Å². The number of rotatable bonds is 4. The number of carbonyl (C=O) groups excluding carboxylic acids is 1. The highest BCUT2D eigenvalue weighted by Gasteiger charge is 2.38. The van der Waals surface area contributed by atoms with Crippen molar-refractivity contribution in [1.82, 2.24) is 24.5 Å². The van der Waals surface area contributed by atoms with Gasteiger partial charge < -0.3 is 9.80 Å². The van der Waals surface area contributed by atoms with Gasteiger partial charge in [-0.25, -0.2) is 15.0 Å². The second-order valence-electron chi connectivity index (χ2n) is 6.66.